The second kappa shape index (κ2) is 7.00. The second-order valence-corrected chi connectivity index (χ2v) is 8.38. The van der Waals surface area contributed by atoms with Gasteiger partial charge in [-0.25, -0.2) is 18.1 Å². The van der Waals surface area contributed by atoms with E-state index in [2.05, 4.69) is 14.6 Å². The Labute approximate surface area is 145 Å². The maximum atomic E-state index is 12.4. The SMILES string of the molecule is CC(=O)c1ccc(S(=O)(=O)NCC2CCCN2c2nccs2)cc1. The fourth-order valence-corrected chi connectivity index (χ4v) is 4.63. The summed E-state index contributed by atoms with van der Waals surface area (Å²) < 4.78 is 27.6. The minimum absolute atomic E-state index is 0.0862. The summed E-state index contributed by atoms with van der Waals surface area (Å²) in [6.45, 7) is 2.69. The Kier molecular flexibility index (Phi) is 4.98. The highest BCUT2D eigenvalue weighted by Gasteiger charge is 2.27. The molecule has 128 valence electrons. The van der Waals surface area contributed by atoms with Crippen LogP contribution in [0.4, 0.5) is 5.13 Å². The normalized spacial score (nSPS) is 18.0. The van der Waals surface area contributed by atoms with E-state index in [1.807, 2.05) is 5.38 Å². The molecule has 0 bridgehead atoms. The molecular formula is C16H19N3O3S2. The predicted molar refractivity (Wildman–Crippen MR) is 94.1 cm³/mol. The van der Waals surface area contributed by atoms with E-state index in [0.717, 1.165) is 24.5 Å². The van der Waals surface area contributed by atoms with Crippen LogP contribution in [-0.2, 0) is 10.0 Å². The molecule has 0 saturated carbocycles. The number of hydrogen-bond acceptors (Lipinski definition) is 6. The lowest BCUT2D eigenvalue weighted by atomic mass is 10.2. The van der Waals surface area contributed by atoms with Gasteiger partial charge in [-0.05, 0) is 31.9 Å². The standard InChI is InChI=1S/C16H19N3O3S2/c1-12(20)13-4-6-15(7-5-13)24(21,22)18-11-14-3-2-9-19(14)16-17-8-10-23-16/h4-8,10,14,18H,2-3,9,11H2,1H3. The zero-order valence-electron chi connectivity index (χ0n) is 13.3. The van der Waals surface area contributed by atoms with Gasteiger partial charge < -0.3 is 4.90 Å². The fraction of sp³-hybridized carbons (Fsp3) is 0.375. The van der Waals surface area contributed by atoms with Gasteiger partial charge in [-0.1, -0.05) is 12.1 Å². The summed E-state index contributed by atoms with van der Waals surface area (Å²) in [5.41, 5.74) is 0.500. The first-order chi connectivity index (χ1) is 11.5. The topological polar surface area (TPSA) is 79.4 Å². The monoisotopic (exact) mass is 365 g/mol. The van der Waals surface area contributed by atoms with Crippen molar-refractivity contribution in [3.05, 3.63) is 41.4 Å². The maximum absolute atomic E-state index is 12.4. The summed E-state index contributed by atoms with van der Waals surface area (Å²) in [5.74, 6) is -0.0862. The quantitative estimate of drug-likeness (QED) is 0.795. The molecule has 6 nitrogen and oxygen atoms in total. The minimum atomic E-state index is -3.59. The van der Waals surface area contributed by atoms with Crippen molar-refractivity contribution < 1.29 is 13.2 Å². The van der Waals surface area contributed by atoms with Crippen molar-refractivity contribution >= 4 is 32.3 Å². The summed E-state index contributed by atoms with van der Waals surface area (Å²) >= 11 is 1.56. The molecule has 1 aliphatic heterocycles. The lowest BCUT2D eigenvalue weighted by Crippen LogP contribution is -2.40. The molecule has 2 aromatic rings. The van der Waals surface area contributed by atoms with Crippen LogP contribution in [0.15, 0.2) is 40.7 Å². The van der Waals surface area contributed by atoms with Crippen molar-refractivity contribution in [1.29, 1.82) is 0 Å². The molecule has 0 spiro atoms. The Morgan fingerprint density at radius 3 is 2.75 bits per heavy atom. The number of carbonyl (C=O) groups excluding carboxylic acids is 1. The number of hydrogen-bond donors (Lipinski definition) is 1. The Balaban J connectivity index is 1.67. The van der Waals surface area contributed by atoms with E-state index in [0.29, 0.717) is 12.1 Å². The number of sulfonamides is 1. The molecule has 1 saturated heterocycles. The third-order valence-corrected chi connectivity index (χ3v) is 6.37. The summed E-state index contributed by atoms with van der Waals surface area (Å²) in [7, 11) is -3.59. The lowest BCUT2D eigenvalue weighted by molar-refractivity contribution is 0.101. The lowest BCUT2D eigenvalue weighted by Gasteiger charge is -2.24. The summed E-state index contributed by atoms with van der Waals surface area (Å²) in [5, 5.41) is 2.85. The maximum Gasteiger partial charge on any atom is 0.240 e. The Morgan fingerprint density at radius 1 is 1.38 bits per heavy atom. The van der Waals surface area contributed by atoms with Crippen molar-refractivity contribution in [3.8, 4) is 0 Å². The number of anilines is 1. The molecule has 1 N–H and O–H groups in total. The number of ketones is 1. The number of benzene rings is 1. The van der Waals surface area contributed by atoms with E-state index in [-0.39, 0.29) is 16.7 Å². The first-order valence-corrected chi connectivity index (χ1v) is 10.1. The van der Waals surface area contributed by atoms with Crippen molar-refractivity contribution in [1.82, 2.24) is 9.71 Å². The van der Waals surface area contributed by atoms with Gasteiger partial charge in [-0.2, -0.15) is 0 Å². The van der Waals surface area contributed by atoms with Crippen LogP contribution in [0.1, 0.15) is 30.1 Å². The van der Waals surface area contributed by atoms with Gasteiger partial charge in [0, 0.05) is 36.3 Å². The van der Waals surface area contributed by atoms with E-state index in [1.165, 1.54) is 31.2 Å². The zero-order chi connectivity index (χ0) is 17.2. The number of thiazole rings is 1. The van der Waals surface area contributed by atoms with Crippen LogP contribution in [0.3, 0.4) is 0 Å². The van der Waals surface area contributed by atoms with Crippen molar-refractivity contribution in [2.75, 3.05) is 18.0 Å². The number of nitrogens with one attached hydrogen (secondary N) is 1. The van der Waals surface area contributed by atoms with Crippen molar-refractivity contribution in [2.24, 2.45) is 0 Å². The van der Waals surface area contributed by atoms with Gasteiger partial charge in [0.15, 0.2) is 10.9 Å². The van der Waals surface area contributed by atoms with Gasteiger partial charge in [-0.3, -0.25) is 4.79 Å². The zero-order valence-corrected chi connectivity index (χ0v) is 14.9. The summed E-state index contributed by atoms with van der Waals surface area (Å²) in [6.07, 6.45) is 3.72. The van der Waals surface area contributed by atoms with Crippen LogP contribution in [0.2, 0.25) is 0 Å². The highest BCUT2D eigenvalue weighted by Crippen LogP contribution is 2.27. The molecule has 2 heterocycles. The number of rotatable bonds is 6. The molecule has 3 rings (SSSR count). The van der Waals surface area contributed by atoms with E-state index in [9.17, 15) is 13.2 Å². The summed E-state index contributed by atoms with van der Waals surface area (Å²) in [6, 6.07) is 6.11. The molecule has 1 aromatic heterocycles. The van der Waals surface area contributed by atoms with Gasteiger partial charge >= 0.3 is 0 Å². The van der Waals surface area contributed by atoms with Crippen LogP contribution in [-0.4, -0.2) is 38.3 Å². The van der Waals surface area contributed by atoms with E-state index in [1.54, 1.807) is 17.5 Å². The Hall–Kier alpha value is -1.77. The van der Waals surface area contributed by atoms with Gasteiger partial charge in [0.25, 0.3) is 0 Å². The largest absolute Gasteiger partial charge is 0.344 e. The Bertz CT molecular complexity index is 802. The number of Topliss-reactive ketones (excluding diaryl/α,β-unsaturated/α-hetero) is 1. The fourth-order valence-electron chi connectivity index (χ4n) is 2.82. The molecule has 24 heavy (non-hydrogen) atoms. The highest BCUT2D eigenvalue weighted by atomic mass is 32.2. The van der Waals surface area contributed by atoms with Gasteiger partial charge in [0.2, 0.25) is 10.0 Å². The number of nitrogens with zero attached hydrogens (tertiary/aromatic N) is 2. The van der Waals surface area contributed by atoms with Crippen LogP contribution in [0.5, 0.6) is 0 Å². The predicted octanol–water partition coefficient (Wildman–Crippen LogP) is 2.29. The van der Waals surface area contributed by atoms with Crippen LogP contribution >= 0.6 is 11.3 Å². The first kappa shape index (κ1) is 17.1. The molecule has 0 amide bonds. The van der Waals surface area contributed by atoms with Gasteiger partial charge in [-0.15, -0.1) is 11.3 Å². The molecule has 8 heteroatoms. The number of carbonyl (C=O) groups is 1. The third-order valence-electron chi connectivity index (χ3n) is 4.12. The average Bonchev–Trinajstić information content (AvgIpc) is 3.24. The Morgan fingerprint density at radius 2 is 2.12 bits per heavy atom. The number of aromatic nitrogens is 1. The molecular weight excluding hydrogens is 346 g/mol. The van der Waals surface area contributed by atoms with E-state index in [4.69, 9.17) is 0 Å². The molecule has 1 aliphatic rings. The van der Waals surface area contributed by atoms with Crippen LogP contribution < -0.4 is 9.62 Å². The molecule has 1 atom stereocenters. The smallest absolute Gasteiger partial charge is 0.240 e. The van der Waals surface area contributed by atoms with Gasteiger partial charge in [0.1, 0.15) is 0 Å². The summed E-state index contributed by atoms with van der Waals surface area (Å²) in [4.78, 5) is 17.9. The molecule has 0 aliphatic carbocycles. The molecule has 1 unspecified atom stereocenters. The molecule has 1 aromatic carbocycles. The first-order valence-electron chi connectivity index (χ1n) is 7.74. The highest BCUT2D eigenvalue weighted by molar-refractivity contribution is 7.89. The second-order valence-electron chi connectivity index (χ2n) is 5.74. The van der Waals surface area contributed by atoms with E-state index >= 15 is 0 Å². The van der Waals surface area contributed by atoms with Gasteiger partial charge in [0.05, 0.1) is 4.90 Å². The van der Waals surface area contributed by atoms with Crippen molar-refractivity contribution in [3.63, 3.8) is 0 Å². The average molecular weight is 365 g/mol. The molecule has 1 fully saturated rings. The third kappa shape index (κ3) is 3.66. The van der Waals surface area contributed by atoms with Crippen LogP contribution in [0.25, 0.3) is 0 Å². The van der Waals surface area contributed by atoms with E-state index < -0.39 is 10.0 Å². The van der Waals surface area contributed by atoms with Crippen molar-refractivity contribution in [2.45, 2.75) is 30.7 Å². The molecule has 0 radical (unpaired) electrons. The van der Waals surface area contributed by atoms with Crippen LogP contribution in [0, 0.1) is 0 Å². The minimum Gasteiger partial charge on any atom is -0.344 e.